The minimum absolute atomic E-state index is 0.0962. The number of epoxide rings is 1. The molecule has 13 heteroatoms. The van der Waals surface area contributed by atoms with E-state index in [0.717, 1.165) is 41.9 Å². The molecule has 2 fully saturated rings. The number of phenolic OH excluding ortho intramolecular Hbond substituents is 1. The number of ether oxygens (including phenoxy) is 3. The number of hydrogen-bond donors (Lipinski definition) is 4. The standard InChI is InChI=1S/C41H42N6O7/c1-21-12-29(48)36-30(51-21)17-31-35(37(36)49)26-6-4-5-10-41(39(50)52-38(26)40(2,3)53-31)32(54-41)8-7-22-13-27(46-33(42)14-22)24-15-25(45-34(43)16-24)19-47-18-23-9-11-44-28(23)20-47/h9,11-17,20,26,32,38,49H,4-8,10,18-19H2,1-3H3,(H2,42,46)(H2,43,45)/p+1/t26-,32-,38-,41-/m1/s1. The molecule has 5 atom stereocenters. The average Bonchev–Trinajstić information content (AvgIpc) is 3.38. The summed E-state index contributed by atoms with van der Waals surface area (Å²) in [5.41, 5.74) is 16.5. The first kappa shape index (κ1) is 34.3. The van der Waals surface area contributed by atoms with Gasteiger partial charge in [0, 0.05) is 41.0 Å². The number of fused-ring (bicyclic) bond motifs is 5. The number of rotatable bonds is 6. The third-order valence-corrected chi connectivity index (χ3v) is 11.4. The third-order valence-electron chi connectivity index (χ3n) is 11.4. The number of aromatic nitrogens is 2. The van der Waals surface area contributed by atoms with E-state index in [1.54, 1.807) is 19.1 Å². The normalized spacial score (nSPS) is 26.5. The molecule has 2 saturated heterocycles. The highest BCUT2D eigenvalue weighted by atomic mass is 16.7. The highest BCUT2D eigenvalue weighted by molar-refractivity contribution is 5.88. The highest BCUT2D eigenvalue weighted by Crippen LogP contribution is 2.53. The van der Waals surface area contributed by atoms with Crippen LogP contribution in [0.3, 0.4) is 0 Å². The van der Waals surface area contributed by atoms with Gasteiger partial charge in [-0.15, -0.1) is 0 Å². The lowest BCUT2D eigenvalue weighted by Crippen LogP contribution is -3.04. The molecular weight excluding hydrogens is 688 g/mol. The maximum Gasteiger partial charge on any atom is 0.341 e. The number of phenols is 1. The number of aryl methyl sites for hydroxylation is 2. The Bertz CT molecular complexity index is 2400. The molecule has 0 bridgehead atoms. The number of carbonyl (C=O) groups excluding carboxylic acids is 1. The number of esters is 1. The lowest BCUT2D eigenvalue weighted by Gasteiger charge is -2.44. The molecule has 3 aromatic heterocycles. The summed E-state index contributed by atoms with van der Waals surface area (Å²) in [6.45, 7) is 6.94. The molecular formula is C41H43N6O7+. The Morgan fingerprint density at radius 3 is 2.70 bits per heavy atom. The van der Waals surface area contributed by atoms with Crippen LogP contribution in [-0.4, -0.2) is 57.2 Å². The fraction of sp³-hybridized carbons (Fsp3) is 0.390. The van der Waals surface area contributed by atoms with Gasteiger partial charge >= 0.3 is 5.97 Å². The summed E-state index contributed by atoms with van der Waals surface area (Å²) in [4.78, 5) is 41.9. The number of hydrogen-bond acceptors (Lipinski definition) is 12. The van der Waals surface area contributed by atoms with Crippen LogP contribution in [0, 0.1) is 6.92 Å². The predicted molar refractivity (Wildman–Crippen MR) is 201 cm³/mol. The van der Waals surface area contributed by atoms with Gasteiger partial charge < -0.3 is 35.2 Å². The molecule has 0 aliphatic carbocycles. The van der Waals surface area contributed by atoms with Crippen LogP contribution in [0.5, 0.6) is 11.5 Å². The van der Waals surface area contributed by atoms with Crippen LogP contribution in [0.1, 0.15) is 74.5 Å². The number of nitrogen functional groups attached to an aromatic ring is 2. The van der Waals surface area contributed by atoms with Crippen molar-refractivity contribution in [2.24, 2.45) is 4.99 Å². The molecule has 5 aliphatic rings. The number of carbonyl (C=O) groups is 1. The number of nitrogens with two attached hydrogens (primary N) is 2. The van der Waals surface area contributed by atoms with Gasteiger partial charge in [-0.25, -0.2) is 14.8 Å². The number of aromatic hydroxyl groups is 1. The first-order chi connectivity index (χ1) is 25.9. The SMILES string of the molecule is Cc1cc(=O)c2c(O)c3c(cc2o1)OC(C)(C)[C@@H]1OC(=O)[C@]2(CCCC[C@H]31)O[C@@H]2CCc1cc(N)nc(-c2cc(N)nc(C[NH+]3C=C4N=CC=C4C3)c2)c1. The Morgan fingerprint density at radius 1 is 1.04 bits per heavy atom. The number of nitrogens with zero attached hydrogens (tertiary/aromatic N) is 3. The Morgan fingerprint density at radius 2 is 1.87 bits per heavy atom. The molecule has 4 aromatic rings. The zero-order valence-corrected chi connectivity index (χ0v) is 30.5. The second-order valence-electron chi connectivity index (χ2n) is 15.7. The quantitative estimate of drug-likeness (QED) is 0.164. The van der Waals surface area contributed by atoms with Gasteiger partial charge in [0.05, 0.1) is 17.5 Å². The van der Waals surface area contributed by atoms with Crippen molar-refractivity contribution in [2.75, 3.05) is 18.0 Å². The van der Waals surface area contributed by atoms with E-state index >= 15 is 0 Å². The number of allylic oxidation sites excluding steroid dienone is 1. The van der Waals surface area contributed by atoms with Gasteiger partial charge in [0.1, 0.15) is 76.6 Å². The zero-order valence-electron chi connectivity index (χ0n) is 30.5. The monoisotopic (exact) mass is 731 g/mol. The average molecular weight is 732 g/mol. The molecule has 9 rings (SSSR count). The Labute approximate surface area is 311 Å². The molecule has 0 radical (unpaired) electrons. The largest absolute Gasteiger partial charge is 0.507 e. The van der Waals surface area contributed by atoms with E-state index in [-0.39, 0.29) is 28.3 Å². The summed E-state index contributed by atoms with van der Waals surface area (Å²) < 4.78 is 24.8. The Hall–Kier alpha value is -5.53. The summed E-state index contributed by atoms with van der Waals surface area (Å²) in [5.74, 6) is 0.635. The molecule has 278 valence electrons. The van der Waals surface area contributed by atoms with Crippen LogP contribution in [0.4, 0.5) is 11.6 Å². The summed E-state index contributed by atoms with van der Waals surface area (Å²) >= 11 is 0. The van der Waals surface area contributed by atoms with Gasteiger partial charge in [-0.05, 0) is 88.8 Å². The fourth-order valence-electron chi connectivity index (χ4n) is 8.88. The molecule has 8 heterocycles. The van der Waals surface area contributed by atoms with E-state index in [9.17, 15) is 14.7 Å². The minimum Gasteiger partial charge on any atom is -0.507 e. The Kier molecular flexibility index (Phi) is 7.94. The van der Waals surface area contributed by atoms with E-state index in [2.05, 4.69) is 21.2 Å². The summed E-state index contributed by atoms with van der Waals surface area (Å²) in [6.07, 6.45) is 8.72. The van der Waals surface area contributed by atoms with Gasteiger partial charge in [-0.2, -0.15) is 0 Å². The number of anilines is 2. The highest BCUT2D eigenvalue weighted by Gasteiger charge is 2.64. The number of benzene rings is 1. The zero-order chi connectivity index (χ0) is 37.5. The lowest BCUT2D eigenvalue weighted by atomic mass is 9.77. The van der Waals surface area contributed by atoms with Crippen LogP contribution in [-0.2, 0) is 27.2 Å². The molecule has 0 saturated carbocycles. The summed E-state index contributed by atoms with van der Waals surface area (Å²) in [6, 6.07) is 10.7. The van der Waals surface area contributed by atoms with Crippen molar-refractivity contribution in [1.29, 1.82) is 0 Å². The minimum atomic E-state index is -1.07. The molecule has 0 amide bonds. The van der Waals surface area contributed by atoms with Crippen LogP contribution >= 0.6 is 0 Å². The van der Waals surface area contributed by atoms with Crippen LogP contribution < -0.4 is 26.5 Å². The van der Waals surface area contributed by atoms with E-state index in [1.807, 2.05) is 44.3 Å². The molecule has 54 heavy (non-hydrogen) atoms. The number of aliphatic imine (C=N–C) groups is 1. The molecule has 1 unspecified atom stereocenters. The second-order valence-corrected chi connectivity index (χ2v) is 15.7. The van der Waals surface area contributed by atoms with Crippen molar-refractivity contribution in [3.05, 3.63) is 92.7 Å². The van der Waals surface area contributed by atoms with Gasteiger partial charge in [-0.1, -0.05) is 6.42 Å². The predicted octanol–water partition coefficient (Wildman–Crippen LogP) is 4.19. The van der Waals surface area contributed by atoms with Crippen molar-refractivity contribution >= 4 is 34.8 Å². The molecule has 6 N–H and O–H groups in total. The summed E-state index contributed by atoms with van der Waals surface area (Å²) in [7, 11) is 0. The van der Waals surface area contributed by atoms with Gasteiger partial charge in [0.15, 0.2) is 11.0 Å². The van der Waals surface area contributed by atoms with E-state index in [0.29, 0.717) is 66.6 Å². The maximum absolute atomic E-state index is 14.1. The van der Waals surface area contributed by atoms with E-state index in [4.69, 9.17) is 30.1 Å². The molecule has 1 spiro atoms. The Balaban J connectivity index is 0.921. The van der Waals surface area contributed by atoms with Crippen molar-refractivity contribution in [2.45, 2.75) is 95.2 Å². The molecule has 1 aromatic carbocycles. The van der Waals surface area contributed by atoms with Crippen LogP contribution in [0.25, 0.3) is 22.2 Å². The van der Waals surface area contributed by atoms with E-state index in [1.165, 1.54) is 16.5 Å². The number of quaternary nitrogens is 1. The first-order valence-electron chi connectivity index (χ1n) is 18.6. The van der Waals surface area contributed by atoms with Gasteiger partial charge in [0.2, 0.25) is 0 Å². The fourth-order valence-corrected chi connectivity index (χ4v) is 8.88. The lowest BCUT2D eigenvalue weighted by molar-refractivity contribution is -0.852. The van der Waals surface area contributed by atoms with Gasteiger partial charge in [-0.3, -0.25) is 14.7 Å². The first-order valence-corrected chi connectivity index (χ1v) is 18.6. The van der Waals surface area contributed by atoms with Crippen LogP contribution in [0.2, 0.25) is 0 Å². The van der Waals surface area contributed by atoms with Crippen molar-refractivity contribution in [1.82, 2.24) is 9.97 Å². The van der Waals surface area contributed by atoms with Crippen LogP contribution in [0.15, 0.2) is 74.1 Å². The topological polar surface area (TPSA) is 193 Å². The third kappa shape index (κ3) is 5.91. The van der Waals surface area contributed by atoms with Gasteiger partial charge in [0.25, 0.3) is 0 Å². The smallest absolute Gasteiger partial charge is 0.341 e. The molecule has 5 aliphatic heterocycles. The van der Waals surface area contributed by atoms with Crippen molar-refractivity contribution in [3.8, 4) is 22.8 Å². The number of pyridine rings is 2. The van der Waals surface area contributed by atoms with E-state index < -0.39 is 29.2 Å². The van der Waals surface area contributed by atoms with Crippen molar-refractivity contribution in [3.63, 3.8) is 0 Å². The van der Waals surface area contributed by atoms with Crippen molar-refractivity contribution < 1.29 is 33.4 Å². The number of nitrogens with one attached hydrogen (secondary N) is 1. The summed E-state index contributed by atoms with van der Waals surface area (Å²) in [5, 5.41) is 11.6. The second kappa shape index (κ2) is 12.5. The maximum atomic E-state index is 14.1. The molecule has 13 nitrogen and oxygen atoms in total.